The predicted molar refractivity (Wildman–Crippen MR) is 145 cm³/mol. The van der Waals surface area contributed by atoms with Gasteiger partial charge >= 0.3 is 6.18 Å². The molecule has 0 heterocycles. The zero-order valence-electron chi connectivity index (χ0n) is 23.4. The summed E-state index contributed by atoms with van der Waals surface area (Å²) in [6, 6.07) is 8.02. The zero-order chi connectivity index (χ0) is 30.5. The molecule has 3 N–H and O–H groups in total. The van der Waals surface area contributed by atoms with Gasteiger partial charge in [0.2, 0.25) is 11.8 Å². The molecule has 3 saturated carbocycles. The summed E-state index contributed by atoms with van der Waals surface area (Å²) in [5, 5.41) is 17.0. The Kier molecular flexibility index (Phi) is 7.59. The van der Waals surface area contributed by atoms with Crippen LogP contribution in [0.1, 0.15) is 76.0 Å². The number of rotatable bonds is 11. The van der Waals surface area contributed by atoms with Gasteiger partial charge in [0.1, 0.15) is 23.1 Å². The van der Waals surface area contributed by atoms with Gasteiger partial charge in [-0.1, -0.05) is 36.4 Å². The predicted octanol–water partition coefficient (Wildman–Crippen LogP) is 5.68. The number of carbonyl (C=O) groups excluding carboxylic acids is 2. The molecule has 3 fully saturated rings. The molecule has 0 bridgehead atoms. The van der Waals surface area contributed by atoms with Crippen LogP contribution in [0.4, 0.5) is 22.0 Å². The molecule has 11 heteroatoms. The molecule has 3 aliphatic rings. The molecule has 0 spiro atoms. The van der Waals surface area contributed by atoms with Crippen molar-refractivity contribution in [3.05, 3.63) is 59.4 Å². The van der Waals surface area contributed by atoms with Crippen LogP contribution in [0.3, 0.4) is 0 Å². The summed E-state index contributed by atoms with van der Waals surface area (Å²) in [6.45, 7) is 2.33. The summed E-state index contributed by atoms with van der Waals surface area (Å²) < 4.78 is 72.5. The van der Waals surface area contributed by atoms with Gasteiger partial charge in [-0.15, -0.1) is 0 Å². The Morgan fingerprint density at radius 1 is 1.00 bits per heavy atom. The van der Waals surface area contributed by atoms with E-state index >= 15 is 4.39 Å². The molecule has 0 saturated heterocycles. The number of amides is 2. The van der Waals surface area contributed by atoms with Crippen LogP contribution in [0.2, 0.25) is 0 Å². The molecule has 224 valence electrons. The molecular formula is C31H33F5N4O2. The molecule has 0 aliphatic heterocycles. The number of hydrogen-bond acceptors (Lipinski definition) is 4. The molecule has 0 aromatic heterocycles. The third-order valence-corrected chi connectivity index (χ3v) is 8.19. The van der Waals surface area contributed by atoms with Crippen molar-refractivity contribution >= 4 is 11.8 Å². The van der Waals surface area contributed by atoms with Crippen LogP contribution in [0.25, 0.3) is 11.1 Å². The standard InChI is InChI=1S/C31H33F5N4O2/c1-28(2,33)16-24(26(41)40-29(17-37)11-12-29)39-25(31(34,35)36)19-5-3-18(4-6-19)20-7-10-22(23(32)15-20)30(13-14-30)27(42)38-21-8-9-21/h3-7,10,15,21,24-25,39H,8-9,11-14,16H2,1-2H3,(H,38,42)(H,40,41)/t24-,25-/m0/s1. The lowest BCUT2D eigenvalue weighted by Crippen LogP contribution is -2.53. The second kappa shape index (κ2) is 10.6. The normalized spacial score (nSPS) is 20.1. The highest BCUT2D eigenvalue weighted by Crippen LogP contribution is 2.50. The average molecular weight is 589 g/mol. The summed E-state index contributed by atoms with van der Waals surface area (Å²) in [7, 11) is 0. The number of carbonyl (C=O) groups is 2. The largest absolute Gasteiger partial charge is 0.407 e. The van der Waals surface area contributed by atoms with E-state index in [0.29, 0.717) is 42.4 Å². The molecule has 5 rings (SSSR count). The second-order valence-corrected chi connectivity index (χ2v) is 12.4. The summed E-state index contributed by atoms with van der Waals surface area (Å²) >= 11 is 0. The van der Waals surface area contributed by atoms with E-state index in [9.17, 15) is 32.4 Å². The van der Waals surface area contributed by atoms with Crippen LogP contribution < -0.4 is 16.0 Å². The van der Waals surface area contributed by atoms with Crippen LogP contribution in [-0.2, 0) is 15.0 Å². The molecule has 42 heavy (non-hydrogen) atoms. The topological polar surface area (TPSA) is 94.0 Å². The van der Waals surface area contributed by atoms with E-state index in [1.54, 1.807) is 12.1 Å². The van der Waals surface area contributed by atoms with Crippen molar-refractivity contribution in [2.45, 2.75) is 99.7 Å². The first-order valence-electron chi connectivity index (χ1n) is 14.1. The van der Waals surface area contributed by atoms with Crippen molar-refractivity contribution in [3.8, 4) is 17.2 Å². The molecule has 0 unspecified atom stereocenters. The number of nitriles is 1. The zero-order valence-corrected chi connectivity index (χ0v) is 23.4. The molecule has 2 aromatic carbocycles. The van der Waals surface area contributed by atoms with Crippen LogP contribution in [0.5, 0.6) is 0 Å². The number of hydrogen-bond donors (Lipinski definition) is 3. The van der Waals surface area contributed by atoms with Crippen molar-refractivity contribution < 1.29 is 31.5 Å². The fourth-order valence-electron chi connectivity index (χ4n) is 5.25. The van der Waals surface area contributed by atoms with E-state index in [1.165, 1.54) is 44.2 Å². The minimum Gasteiger partial charge on any atom is -0.353 e. The number of nitrogens with one attached hydrogen (secondary N) is 3. The van der Waals surface area contributed by atoms with Crippen molar-refractivity contribution in [1.29, 1.82) is 5.26 Å². The quantitative estimate of drug-likeness (QED) is 0.295. The Morgan fingerprint density at radius 3 is 2.10 bits per heavy atom. The Bertz CT molecular complexity index is 1400. The summed E-state index contributed by atoms with van der Waals surface area (Å²) in [4.78, 5) is 25.6. The van der Waals surface area contributed by atoms with E-state index < -0.39 is 53.0 Å². The lowest BCUT2D eigenvalue weighted by molar-refractivity contribution is -0.161. The van der Waals surface area contributed by atoms with Gasteiger partial charge in [-0.2, -0.15) is 18.4 Å². The minimum atomic E-state index is -4.83. The van der Waals surface area contributed by atoms with Gasteiger partial charge in [0.25, 0.3) is 0 Å². The van der Waals surface area contributed by atoms with Gasteiger partial charge in [-0.05, 0) is 75.1 Å². The van der Waals surface area contributed by atoms with Gasteiger partial charge in [0.05, 0.1) is 17.5 Å². The first kappa shape index (κ1) is 30.0. The van der Waals surface area contributed by atoms with E-state index in [-0.39, 0.29) is 17.5 Å². The van der Waals surface area contributed by atoms with E-state index in [0.717, 1.165) is 12.8 Å². The maximum Gasteiger partial charge on any atom is 0.407 e. The molecular weight excluding hydrogens is 555 g/mol. The van der Waals surface area contributed by atoms with Gasteiger partial charge in [0.15, 0.2) is 0 Å². The third kappa shape index (κ3) is 6.59. The van der Waals surface area contributed by atoms with Crippen molar-refractivity contribution in [1.82, 2.24) is 16.0 Å². The van der Waals surface area contributed by atoms with Crippen LogP contribution in [0, 0.1) is 17.1 Å². The molecule has 2 amide bonds. The number of alkyl halides is 4. The van der Waals surface area contributed by atoms with Crippen LogP contribution in [0.15, 0.2) is 42.5 Å². The Hall–Kier alpha value is -3.52. The third-order valence-electron chi connectivity index (χ3n) is 8.19. The van der Waals surface area contributed by atoms with E-state index in [4.69, 9.17) is 0 Å². The first-order chi connectivity index (χ1) is 19.6. The van der Waals surface area contributed by atoms with Gasteiger partial charge < -0.3 is 10.6 Å². The molecule has 6 nitrogen and oxygen atoms in total. The van der Waals surface area contributed by atoms with Gasteiger partial charge in [0, 0.05) is 18.0 Å². The van der Waals surface area contributed by atoms with Crippen LogP contribution in [-0.4, -0.2) is 41.3 Å². The first-order valence-corrected chi connectivity index (χ1v) is 14.1. The van der Waals surface area contributed by atoms with Crippen molar-refractivity contribution in [2.24, 2.45) is 0 Å². The number of halogens is 5. The van der Waals surface area contributed by atoms with Crippen LogP contribution >= 0.6 is 0 Å². The van der Waals surface area contributed by atoms with E-state index in [2.05, 4.69) is 16.0 Å². The molecule has 2 aromatic rings. The van der Waals surface area contributed by atoms with E-state index in [1.807, 2.05) is 6.07 Å². The number of benzene rings is 2. The Labute approximate surface area is 241 Å². The highest BCUT2D eigenvalue weighted by atomic mass is 19.4. The lowest BCUT2D eigenvalue weighted by atomic mass is 9.91. The molecule has 0 radical (unpaired) electrons. The monoisotopic (exact) mass is 588 g/mol. The maximum absolute atomic E-state index is 15.2. The van der Waals surface area contributed by atoms with Crippen molar-refractivity contribution in [2.75, 3.05) is 0 Å². The summed E-state index contributed by atoms with van der Waals surface area (Å²) in [5.74, 6) is -1.60. The SMILES string of the molecule is CC(C)(F)C[C@H](N[C@@H](c1ccc(-c2ccc(C3(C(=O)NC4CC4)CC3)c(F)c2)cc1)C(F)(F)F)C(=O)NC1(C#N)CC1. The fraction of sp³-hybridized carbons (Fsp3) is 0.516. The summed E-state index contributed by atoms with van der Waals surface area (Å²) in [5.41, 5.74) is -2.98. The van der Waals surface area contributed by atoms with Gasteiger partial charge in [-0.3, -0.25) is 14.9 Å². The maximum atomic E-state index is 15.2. The lowest BCUT2D eigenvalue weighted by Gasteiger charge is -2.30. The number of nitrogens with zero attached hydrogens (tertiary/aromatic N) is 1. The van der Waals surface area contributed by atoms with Gasteiger partial charge in [-0.25, -0.2) is 8.78 Å². The Balaban J connectivity index is 1.35. The van der Waals surface area contributed by atoms with Crippen molar-refractivity contribution in [3.63, 3.8) is 0 Å². The average Bonchev–Trinajstić information content (AvgIpc) is 3.76. The fourth-order valence-corrected chi connectivity index (χ4v) is 5.25. The minimum absolute atomic E-state index is 0.159. The summed E-state index contributed by atoms with van der Waals surface area (Å²) in [6.07, 6.45) is -1.67. The highest BCUT2D eigenvalue weighted by Gasteiger charge is 2.53. The molecule has 2 atom stereocenters. The second-order valence-electron chi connectivity index (χ2n) is 12.4. The Morgan fingerprint density at radius 2 is 1.62 bits per heavy atom. The smallest absolute Gasteiger partial charge is 0.353 e. The molecule has 3 aliphatic carbocycles. The highest BCUT2D eigenvalue weighted by molar-refractivity contribution is 5.92.